The smallest absolute Gasteiger partial charge is 0.354 e. The van der Waals surface area contributed by atoms with Crippen molar-refractivity contribution < 1.29 is 57.2 Å². The number of methoxy groups -OCH3 is 2. The van der Waals surface area contributed by atoms with Crippen LogP contribution in [0.5, 0.6) is 0 Å². The number of ether oxygens (including phenoxy) is 6. The van der Waals surface area contributed by atoms with Crippen LogP contribution in [0.25, 0.3) is 0 Å². The fourth-order valence-corrected chi connectivity index (χ4v) is 6.49. The van der Waals surface area contributed by atoms with E-state index in [0.29, 0.717) is 84.7 Å². The first-order chi connectivity index (χ1) is 28.8. The molecular formula is C44H65N3O12. The molecule has 59 heavy (non-hydrogen) atoms. The van der Waals surface area contributed by atoms with E-state index in [0.717, 1.165) is 31.2 Å². The van der Waals surface area contributed by atoms with Gasteiger partial charge in [0.25, 0.3) is 5.91 Å². The van der Waals surface area contributed by atoms with Crippen LogP contribution in [0, 0.1) is 0 Å². The zero-order valence-electron chi connectivity index (χ0n) is 35.0. The highest BCUT2D eigenvalue weighted by atomic mass is 16.7. The number of ketones is 1. The SMILES string of the molecule is COCCOCCOCC(=O)CCCCC[C@H](NC(=O)COCCOCCOC)C(=O)N1CCC[C@H]1C(=O)ONC(=O)Cc1ccc(CCCCc2ccccc2)cc1. The molecule has 2 atom stereocenters. The lowest BCUT2D eigenvalue weighted by Crippen LogP contribution is -2.53. The third-order valence-corrected chi connectivity index (χ3v) is 9.67. The Morgan fingerprint density at radius 2 is 1.25 bits per heavy atom. The fraction of sp³-hybridized carbons (Fsp3) is 0.614. The molecule has 1 fully saturated rings. The minimum Gasteiger partial charge on any atom is -0.382 e. The van der Waals surface area contributed by atoms with Crippen LogP contribution in [0.2, 0.25) is 0 Å². The standard InChI is InChI=1S/C44H65N3O12/c1-53-24-26-55-28-30-57-33-38(48)16-7-4-8-17-39(45-42(50)34-58-31-29-56-27-25-54-2)43(51)47-23-11-18-40(47)44(52)59-46-41(49)32-37-21-19-36(20-22-37)15-10-9-14-35-12-5-3-6-13-35/h3,5-6,12-13,19-22,39-40H,4,7-11,14-18,23-34H2,1-2H3,(H,45,50)(H,46,49)/t39-,40-/m0/s1. The number of likely N-dealkylation sites (tertiary alicyclic amines) is 1. The average Bonchev–Trinajstić information content (AvgIpc) is 3.74. The van der Waals surface area contributed by atoms with Crippen LogP contribution in [-0.2, 0) is 76.5 Å². The summed E-state index contributed by atoms with van der Waals surface area (Å²) in [7, 11) is 3.17. The summed E-state index contributed by atoms with van der Waals surface area (Å²) in [5.74, 6) is -2.18. The van der Waals surface area contributed by atoms with Crippen molar-refractivity contribution in [2.75, 3.05) is 86.8 Å². The molecule has 3 rings (SSSR count). The van der Waals surface area contributed by atoms with Gasteiger partial charge in [-0.15, -0.1) is 0 Å². The number of nitrogens with one attached hydrogen (secondary N) is 2. The maximum atomic E-state index is 13.9. The molecule has 0 bridgehead atoms. The van der Waals surface area contributed by atoms with Gasteiger partial charge in [-0.3, -0.25) is 19.2 Å². The summed E-state index contributed by atoms with van der Waals surface area (Å²) in [6, 6.07) is 16.4. The number of benzene rings is 2. The predicted molar refractivity (Wildman–Crippen MR) is 219 cm³/mol. The summed E-state index contributed by atoms with van der Waals surface area (Å²) >= 11 is 0. The van der Waals surface area contributed by atoms with E-state index in [1.165, 1.54) is 16.0 Å². The Bertz CT molecular complexity index is 1490. The van der Waals surface area contributed by atoms with Gasteiger partial charge in [-0.1, -0.05) is 67.4 Å². The Kier molecular flexibility index (Phi) is 25.6. The van der Waals surface area contributed by atoms with Crippen molar-refractivity contribution >= 4 is 29.5 Å². The molecule has 2 aromatic rings. The van der Waals surface area contributed by atoms with E-state index >= 15 is 0 Å². The molecule has 1 aliphatic heterocycles. The maximum Gasteiger partial charge on any atom is 0.354 e. The first kappa shape index (κ1) is 49.1. The van der Waals surface area contributed by atoms with Crippen LogP contribution in [0.3, 0.4) is 0 Å². The number of amides is 3. The second-order valence-corrected chi connectivity index (χ2v) is 14.4. The number of carbonyl (C=O) groups is 5. The van der Waals surface area contributed by atoms with Crippen LogP contribution in [-0.4, -0.2) is 133 Å². The normalized spacial score (nSPS) is 14.2. The minimum absolute atomic E-state index is 0.00155. The van der Waals surface area contributed by atoms with E-state index in [2.05, 4.69) is 35.1 Å². The van der Waals surface area contributed by atoms with E-state index in [1.54, 1.807) is 14.2 Å². The minimum atomic E-state index is -0.934. The van der Waals surface area contributed by atoms with Gasteiger partial charge >= 0.3 is 5.97 Å². The van der Waals surface area contributed by atoms with E-state index in [4.69, 9.17) is 33.3 Å². The molecule has 2 N–H and O–H groups in total. The largest absolute Gasteiger partial charge is 0.382 e. The third-order valence-electron chi connectivity index (χ3n) is 9.67. The molecular weight excluding hydrogens is 762 g/mol. The van der Waals surface area contributed by atoms with Crippen molar-refractivity contribution in [3.05, 3.63) is 71.3 Å². The zero-order valence-corrected chi connectivity index (χ0v) is 35.0. The van der Waals surface area contributed by atoms with Crippen molar-refractivity contribution in [2.45, 2.75) is 89.1 Å². The molecule has 15 heteroatoms. The van der Waals surface area contributed by atoms with Gasteiger partial charge in [0.2, 0.25) is 11.8 Å². The molecule has 0 saturated carbocycles. The summed E-state index contributed by atoms with van der Waals surface area (Å²) in [6.45, 7) is 2.96. The molecule has 0 aliphatic carbocycles. The predicted octanol–water partition coefficient (Wildman–Crippen LogP) is 3.72. The van der Waals surface area contributed by atoms with Crippen molar-refractivity contribution in [2.24, 2.45) is 0 Å². The third kappa shape index (κ3) is 21.5. The molecule has 1 saturated heterocycles. The number of nitrogens with zero attached hydrogens (tertiary/aromatic N) is 1. The van der Waals surface area contributed by atoms with Gasteiger partial charge in [0, 0.05) is 27.2 Å². The van der Waals surface area contributed by atoms with Gasteiger partial charge in [0.15, 0.2) is 5.78 Å². The highest BCUT2D eigenvalue weighted by Crippen LogP contribution is 2.21. The van der Waals surface area contributed by atoms with Gasteiger partial charge in [-0.2, -0.15) is 5.48 Å². The van der Waals surface area contributed by atoms with Crippen LogP contribution in [0.4, 0.5) is 0 Å². The molecule has 0 radical (unpaired) electrons. The number of rotatable bonds is 32. The number of carbonyl (C=O) groups excluding carboxylic acids is 5. The van der Waals surface area contributed by atoms with Gasteiger partial charge in [-0.05, 0) is 68.1 Å². The Labute approximate surface area is 349 Å². The molecule has 0 spiro atoms. The van der Waals surface area contributed by atoms with E-state index in [9.17, 15) is 24.0 Å². The van der Waals surface area contributed by atoms with Gasteiger partial charge < -0.3 is 43.5 Å². The summed E-state index contributed by atoms with van der Waals surface area (Å²) in [5.41, 5.74) is 5.56. The van der Waals surface area contributed by atoms with Crippen molar-refractivity contribution in [3.8, 4) is 0 Å². The Morgan fingerprint density at radius 3 is 1.92 bits per heavy atom. The highest BCUT2D eigenvalue weighted by molar-refractivity contribution is 5.91. The summed E-state index contributed by atoms with van der Waals surface area (Å²) in [4.78, 5) is 71.6. The second-order valence-electron chi connectivity index (χ2n) is 14.4. The lowest BCUT2D eigenvalue weighted by molar-refractivity contribution is -0.164. The number of hydrogen-bond donors (Lipinski definition) is 2. The molecule has 0 unspecified atom stereocenters. The summed E-state index contributed by atoms with van der Waals surface area (Å²) in [6.07, 6.45) is 7.44. The van der Waals surface area contributed by atoms with Crippen LogP contribution < -0.4 is 10.8 Å². The van der Waals surface area contributed by atoms with Crippen molar-refractivity contribution in [1.29, 1.82) is 0 Å². The topological polar surface area (TPSA) is 177 Å². The Hall–Kier alpha value is -4.25. The van der Waals surface area contributed by atoms with Crippen molar-refractivity contribution in [1.82, 2.24) is 15.7 Å². The Morgan fingerprint density at radius 1 is 0.661 bits per heavy atom. The van der Waals surface area contributed by atoms with Crippen molar-refractivity contribution in [3.63, 3.8) is 0 Å². The Balaban J connectivity index is 1.44. The maximum absolute atomic E-state index is 13.9. The lowest BCUT2D eigenvalue weighted by Gasteiger charge is -2.28. The van der Waals surface area contributed by atoms with Crippen LogP contribution >= 0.6 is 0 Å². The molecule has 3 amide bonds. The molecule has 1 aliphatic rings. The second kappa shape index (κ2) is 30.7. The fourth-order valence-electron chi connectivity index (χ4n) is 6.49. The van der Waals surface area contributed by atoms with Gasteiger partial charge in [0.1, 0.15) is 25.3 Å². The first-order valence-electron chi connectivity index (χ1n) is 20.8. The lowest BCUT2D eigenvalue weighted by atomic mass is 10.0. The van der Waals surface area contributed by atoms with E-state index in [-0.39, 0.29) is 45.1 Å². The molecule has 0 aromatic heterocycles. The number of hydrogen-bond acceptors (Lipinski definition) is 12. The average molecular weight is 828 g/mol. The highest BCUT2D eigenvalue weighted by Gasteiger charge is 2.39. The van der Waals surface area contributed by atoms with Crippen LogP contribution in [0.1, 0.15) is 74.5 Å². The summed E-state index contributed by atoms with van der Waals surface area (Å²) < 4.78 is 31.3. The molecule has 328 valence electrons. The van der Waals surface area contributed by atoms with E-state index in [1.807, 2.05) is 30.3 Å². The number of unbranched alkanes of at least 4 members (excludes halogenated alkanes) is 3. The molecule has 1 heterocycles. The molecule has 15 nitrogen and oxygen atoms in total. The summed E-state index contributed by atoms with van der Waals surface area (Å²) in [5, 5.41) is 2.77. The van der Waals surface area contributed by atoms with E-state index < -0.39 is 35.8 Å². The quantitative estimate of drug-likeness (QED) is 0.0809. The van der Waals surface area contributed by atoms with Gasteiger partial charge in [0.05, 0.1) is 59.3 Å². The zero-order chi connectivity index (χ0) is 42.3. The monoisotopic (exact) mass is 827 g/mol. The number of hydroxylamine groups is 1. The number of Topliss-reactive ketones (excluding diaryl/α,β-unsaturated/α-hetero) is 1. The first-order valence-corrected chi connectivity index (χ1v) is 20.8. The van der Waals surface area contributed by atoms with Gasteiger partial charge in [-0.25, -0.2) is 4.79 Å². The molecule has 2 aromatic carbocycles. The number of aryl methyl sites for hydroxylation is 2. The van der Waals surface area contributed by atoms with Crippen LogP contribution in [0.15, 0.2) is 54.6 Å².